The molecule has 2 aliphatic heterocycles. The second kappa shape index (κ2) is 9.42. The van der Waals surface area contributed by atoms with E-state index in [-0.39, 0.29) is 24.4 Å². The molecule has 7 nitrogen and oxygen atoms in total. The van der Waals surface area contributed by atoms with Crippen LogP contribution in [0.3, 0.4) is 0 Å². The van der Waals surface area contributed by atoms with Crippen molar-refractivity contribution in [1.82, 2.24) is 9.88 Å². The van der Waals surface area contributed by atoms with Gasteiger partial charge in [-0.2, -0.15) is 0 Å². The van der Waals surface area contributed by atoms with Crippen molar-refractivity contribution < 1.29 is 28.2 Å². The molecule has 1 aromatic heterocycles. The van der Waals surface area contributed by atoms with E-state index in [4.69, 9.17) is 14.2 Å². The number of nitrogens with zero attached hydrogens (tertiary/aromatic N) is 2. The van der Waals surface area contributed by atoms with Gasteiger partial charge in [-0.1, -0.05) is 6.07 Å². The van der Waals surface area contributed by atoms with E-state index in [9.17, 15) is 14.0 Å². The lowest BCUT2D eigenvalue weighted by Crippen LogP contribution is -2.34. The summed E-state index contributed by atoms with van der Waals surface area (Å²) in [5, 5.41) is 0.592. The molecule has 0 aliphatic carbocycles. The van der Waals surface area contributed by atoms with Gasteiger partial charge >= 0.3 is 5.97 Å². The minimum Gasteiger partial charge on any atom is -0.486 e. The third-order valence-electron chi connectivity index (χ3n) is 5.92. The number of halogens is 1. The maximum atomic E-state index is 13.2. The molecule has 34 heavy (non-hydrogen) atoms. The zero-order valence-electron chi connectivity index (χ0n) is 18.6. The SMILES string of the molecule is Cc1nc(-c2ccc(F)cc2)sc1C(=O)OCC(=O)N1CCCC1c1ccc2c(c1)OCCO2. The quantitative estimate of drug-likeness (QED) is 0.497. The van der Waals surface area contributed by atoms with Gasteiger partial charge in [0.15, 0.2) is 18.1 Å². The molecule has 0 radical (unpaired) electrons. The van der Waals surface area contributed by atoms with Crippen LogP contribution in [0.5, 0.6) is 11.5 Å². The molecule has 0 saturated carbocycles. The monoisotopic (exact) mass is 482 g/mol. The summed E-state index contributed by atoms with van der Waals surface area (Å²) >= 11 is 1.16. The Morgan fingerprint density at radius 2 is 1.91 bits per heavy atom. The number of thiazole rings is 1. The van der Waals surface area contributed by atoms with Gasteiger partial charge < -0.3 is 19.1 Å². The minimum atomic E-state index is -0.591. The zero-order chi connectivity index (χ0) is 23.7. The first-order chi connectivity index (χ1) is 16.5. The van der Waals surface area contributed by atoms with Crippen molar-refractivity contribution in [1.29, 1.82) is 0 Å². The van der Waals surface area contributed by atoms with Crippen molar-refractivity contribution in [3.63, 3.8) is 0 Å². The summed E-state index contributed by atoms with van der Waals surface area (Å²) in [5.41, 5.74) is 2.20. The Morgan fingerprint density at radius 3 is 2.71 bits per heavy atom. The molecule has 176 valence electrons. The number of amides is 1. The zero-order valence-corrected chi connectivity index (χ0v) is 19.4. The first-order valence-corrected chi connectivity index (χ1v) is 11.9. The largest absolute Gasteiger partial charge is 0.486 e. The molecule has 0 bridgehead atoms. The number of esters is 1. The van der Waals surface area contributed by atoms with Gasteiger partial charge in [0, 0.05) is 12.1 Å². The molecule has 2 aromatic carbocycles. The van der Waals surface area contributed by atoms with E-state index in [2.05, 4.69) is 4.98 Å². The van der Waals surface area contributed by atoms with Crippen molar-refractivity contribution in [3.05, 3.63) is 64.4 Å². The van der Waals surface area contributed by atoms with Gasteiger partial charge in [-0.05, 0) is 61.7 Å². The summed E-state index contributed by atoms with van der Waals surface area (Å²) in [7, 11) is 0. The molecule has 1 saturated heterocycles. The van der Waals surface area contributed by atoms with Gasteiger partial charge in [0.1, 0.15) is 28.9 Å². The highest BCUT2D eigenvalue weighted by Gasteiger charge is 2.31. The summed E-state index contributed by atoms with van der Waals surface area (Å²) < 4.78 is 29.8. The standard InChI is InChI=1S/C25H23FN2O5S/c1-15-23(34-24(27-15)16-4-7-18(26)8-5-16)25(30)33-14-22(29)28-10-2-3-19(28)17-6-9-20-21(13-17)32-12-11-31-20/h4-9,13,19H,2-3,10-12,14H2,1H3. The molecule has 9 heteroatoms. The number of carbonyl (C=O) groups excluding carboxylic acids is 2. The van der Waals surface area contributed by atoms with Crippen LogP contribution in [0.25, 0.3) is 10.6 Å². The van der Waals surface area contributed by atoms with E-state index in [1.807, 2.05) is 18.2 Å². The molecular weight excluding hydrogens is 459 g/mol. The molecule has 1 atom stereocenters. The van der Waals surface area contributed by atoms with Gasteiger partial charge in [0.25, 0.3) is 5.91 Å². The van der Waals surface area contributed by atoms with Crippen molar-refractivity contribution >= 4 is 23.2 Å². The topological polar surface area (TPSA) is 78.0 Å². The van der Waals surface area contributed by atoms with Gasteiger partial charge in [0.05, 0.1) is 11.7 Å². The van der Waals surface area contributed by atoms with Crippen LogP contribution < -0.4 is 9.47 Å². The summed E-state index contributed by atoms with van der Waals surface area (Å²) in [4.78, 5) is 32.1. The number of aryl methyl sites for hydroxylation is 1. The Kier molecular flexibility index (Phi) is 6.19. The van der Waals surface area contributed by atoms with Crippen LogP contribution in [0, 0.1) is 12.7 Å². The first-order valence-electron chi connectivity index (χ1n) is 11.1. The number of carbonyl (C=O) groups is 2. The van der Waals surface area contributed by atoms with Crippen molar-refractivity contribution in [3.8, 4) is 22.1 Å². The summed E-state index contributed by atoms with van der Waals surface area (Å²) in [6.45, 7) is 2.99. The maximum absolute atomic E-state index is 13.2. The van der Waals surface area contributed by atoms with E-state index >= 15 is 0 Å². The lowest BCUT2D eigenvalue weighted by molar-refractivity contribution is -0.135. The highest BCUT2D eigenvalue weighted by molar-refractivity contribution is 7.17. The predicted octanol–water partition coefficient (Wildman–Crippen LogP) is 4.55. The predicted molar refractivity (Wildman–Crippen MR) is 124 cm³/mol. The Balaban J connectivity index is 1.24. The van der Waals surface area contributed by atoms with Crippen molar-refractivity contribution in [2.24, 2.45) is 0 Å². The smallest absolute Gasteiger partial charge is 0.350 e. The molecule has 2 aliphatic rings. The van der Waals surface area contributed by atoms with E-state index < -0.39 is 5.97 Å². The second-order valence-corrected chi connectivity index (χ2v) is 9.16. The maximum Gasteiger partial charge on any atom is 0.350 e. The van der Waals surface area contributed by atoms with Gasteiger partial charge in [-0.3, -0.25) is 4.79 Å². The van der Waals surface area contributed by atoms with Gasteiger partial charge in [-0.15, -0.1) is 11.3 Å². The van der Waals surface area contributed by atoms with Crippen LogP contribution in [0.1, 0.15) is 39.8 Å². The Morgan fingerprint density at radius 1 is 1.15 bits per heavy atom. The van der Waals surface area contributed by atoms with Crippen LogP contribution in [-0.2, 0) is 9.53 Å². The number of rotatable bonds is 5. The third-order valence-corrected chi connectivity index (χ3v) is 7.11. The fraction of sp³-hybridized carbons (Fsp3) is 0.320. The number of benzene rings is 2. The normalized spacial score (nSPS) is 17.0. The molecule has 5 rings (SSSR count). The third kappa shape index (κ3) is 4.48. The highest BCUT2D eigenvalue weighted by Crippen LogP contribution is 2.38. The first kappa shape index (κ1) is 22.3. The fourth-order valence-electron chi connectivity index (χ4n) is 4.26. The van der Waals surface area contributed by atoms with Crippen LogP contribution >= 0.6 is 11.3 Å². The average molecular weight is 483 g/mol. The van der Waals surface area contributed by atoms with Crippen LogP contribution in [0.15, 0.2) is 42.5 Å². The molecule has 3 aromatic rings. The molecule has 0 spiro atoms. The van der Waals surface area contributed by atoms with Crippen molar-refractivity contribution in [2.75, 3.05) is 26.4 Å². The molecule has 3 heterocycles. The molecule has 1 amide bonds. The van der Waals surface area contributed by atoms with Gasteiger partial charge in [0.2, 0.25) is 0 Å². The number of ether oxygens (including phenoxy) is 3. The summed E-state index contributed by atoms with van der Waals surface area (Å²) in [6, 6.07) is 11.6. The average Bonchev–Trinajstić information content (AvgIpc) is 3.50. The molecule has 0 N–H and O–H groups in total. The van der Waals surface area contributed by atoms with Gasteiger partial charge in [-0.25, -0.2) is 14.2 Å². The summed E-state index contributed by atoms with van der Waals surface area (Å²) in [6.07, 6.45) is 1.70. The number of likely N-dealkylation sites (tertiary alicyclic amines) is 1. The minimum absolute atomic E-state index is 0.0998. The van der Waals surface area contributed by atoms with Crippen LogP contribution in [0.4, 0.5) is 4.39 Å². The molecule has 1 unspecified atom stereocenters. The van der Waals surface area contributed by atoms with Crippen LogP contribution in [-0.4, -0.2) is 48.1 Å². The van der Waals surface area contributed by atoms with E-state index in [0.29, 0.717) is 52.4 Å². The second-order valence-electron chi connectivity index (χ2n) is 8.16. The number of hydrogen-bond donors (Lipinski definition) is 0. The van der Waals surface area contributed by atoms with E-state index in [0.717, 1.165) is 29.7 Å². The summed E-state index contributed by atoms with van der Waals surface area (Å²) in [5.74, 6) is 0.219. The fourth-order valence-corrected chi connectivity index (χ4v) is 5.22. The van der Waals surface area contributed by atoms with E-state index in [1.165, 1.54) is 12.1 Å². The number of aromatic nitrogens is 1. The molecular formula is C25H23FN2O5S. The Bertz CT molecular complexity index is 1230. The molecule has 1 fully saturated rings. The van der Waals surface area contributed by atoms with E-state index in [1.54, 1.807) is 24.0 Å². The number of hydrogen-bond acceptors (Lipinski definition) is 7. The number of fused-ring (bicyclic) bond motifs is 1. The van der Waals surface area contributed by atoms with Crippen molar-refractivity contribution in [2.45, 2.75) is 25.8 Å². The Hall–Kier alpha value is -3.46. The highest BCUT2D eigenvalue weighted by atomic mass is 32.1. The lowest BCUT2D eigenvalue weighted by Gasteiger charge is -2.26. The van der Waals surface area contributed by atoms with Crippen LogP contribution in [0.2, 0.25) is 0 Å². The Labute approximate surface area is 200 Å². The lowest BCUT2D eigenvalue weighted by atomic mass is 10.0.